The maximum Gasteiger partial charge on any atom is 0.101 e. The number of anilines is 3. The van der Waals surface area contributed by atoms with Gasteiger partial charge in [0.15, 0.2) is 0 Å². The Hall–Kier alpha value is -2.98. The van der Waals surface area contributed by atoms with Crippen molar-refractivity contribution in [1.82, 2.24) is 0 Å². The SMILES string of the molecule is N#Cc1cccc(Nc2ccc(C#N)c(N)c2)c1. The van der Waals surface area contributed by atoms with Crippen LogP contribution in [0.2, 0.25) is 0 Å². The smallest absolute Gasteiger partial charge is 0.101 e. The summed E-state index contributed by atoms with van der Waals surface area (Å²) in [6.45, 7) is 0. The van der Waals surface area contributed by atoms with Crippen molar-refractivity contribution in [1.29, 1.82) is 10.5 Å². The van der Waals surface area contributed by atoms with Gasteiger partial charge in [0.05, 0.1) is 22.9 Å². The maximum absolute atomic E-state index is 8.81. The summed E-state index contributed by atoms with van der Waals surface area (Å²) in [5, 5.41) is 20.7. The summed E-state index contributed by atoms with van der Waals surface area (Å²) in [6, 6.07) is 16.3. The summed E-state index contributed by atoms with van der Waals surface area (Å²) in [5.41, 5.74) is 8.77. The lowest BCUT2D eigenvalue weighted by molar-refractivity contribution is 1.46. The number of benzene rings is 2. The monoisotopic (exact) mass is 234 g/mol. The van der Waals surface area contributed by atoms with E-state index in [0.717, 1.165) is 11.4 Å². The highest BCUT2D eigenvalue weighted by atomic mass is 14.9. The highest BCUT2D eigenvalue weighted by Gasteiger charge is 2.01. The van der Waals surface area contributed by atoms with E-state index in [1.54, 1.807) is 36.4 Å². The molecule has 0 spiro atoms. The number of hydrogen-bond acceptors (Lipinski definition) is 4. The van der Waals surface area contributed by atoms with E-state index in [1.807, 2.05) is 12.1 Å². The lowest BCUT2D eigenvalue weighted by Gasteiger charge is -2.08. The maximum atomic E-state index is 8.81. The summed E-state index contributed by atoms with van der Waals surface area (Å²) in [6.07, 6.45) is 0. The quantitative estimate of drug-likeness (QED) is 0.782. The zero-order chi connectivity index (χ0) is 13.0. The molecule has 0 aliphatic carbocycles. The summed E-state index contributed by atoms with van der Waals surface area (Å²) >= 11 is 0. The number of nitrogens with one attached hydrogen (secondary N) is 1. The lowest BCUT2D eigenvalue weighted by atomic mass is 10.1. The summed E-state index contributed by atoms with van der Waals surface area (Å²) in [7, 11) is 0. The minimum absolute atomic E-state index is 0.430. The molecular weight excluding hydrogens is 224 g/mol. The molecule has 2 aromatic rings. The Labute approximate surface area is 105 Å². The highest BCUT2D eigenvalue weighted by molar-refractivity contribution is 5.68. The summed E-state index contributed by atoms with van der Waals surface area (Å²) in [5.74, 6) is 0. The van der Waals surface area contributed by atoms with Crippen LogP contribution in [0.3, 0.4) is 0 Å². The van der Waals surface area contributed by atoms with Crippen LogP contribution in [0.15, 0.2) is 42.5 Å². The van der Waals surface area contributed by atoms with Gasteiger partial charge in [-0.1, -0.05) is 6.07 Å². The first kappa shape index (κ1) is 11.5. The molecule has 0 aromatic heterocycles. The van der Waals surface area contributed by atoms with Crippen molar-refractivity contribution in [2.24, 2.45) is 0 Å². The van der Waals surface area contributed by atoms with Crippen LogP contribution in [-0.2, 0) is 0 Å². The van der Waals surface area contributed by atoms with Crippen LogP contribution in [0, 0.1) is 22.7 Å². The van der Waals surface area contributed by atoms with E-state index in [2.05, 4.69) is 11.4 Å². The Morgan fingerprint density at radius 1 is 0.944 bits per heavy atom. The van der Waals surface area contributed by atoms with Gasteiger partial charge in [0.2, 0.25) is 0 Å². The molecule has 0 radical (unpaired) electrons. The van der Waals surface area contributed by atoms with E-state index >= 15 is 0 Å². The molecule has 2 rings (SSSR count). The Kier molecular flexibility index (Phi) is 3.13. The van der Waals surface area contributed by atoms with Gasteiger partial charge in [-0.3, -0.25) is 0 Å². The molecule has 0 heterocycles. The third kappa shape index (κ3) is 2.40. The van der Waals surface area contributed by atoms with Gasteiger partial charge in [0, 0.05) is 11.4 Å². The topological polar surface area (TPSA) is 85.6 Å². The second-order valence-electron chi connectivity index (χ2n) is 3.73. The number of hydrogen-bond donors (Lipinski definition) is 2. The van der Waals surface area contributed by atoms with Gasteiger partial charge in [0.1, 0.15) is 6.07 Å². The van der Waals surface area contributed by atoms with Crippen molar-refractivity contribution in [2.75, 3.05) is 11.1 Å². The van der Waals surface area contributed by atoms with Crippen LogP contribution in [-0.4, -0.2) is 0 Å². The molecule has 3 N–H and O–H groups in total. The Balaban J connectivity index is 2.27. The molecule has 0 amide bonds. The van der Waals surface area contributed by atoms with Crippen molar-refractivity contribution in [2.45, 2.75) is 0 Å². The Bertz CT molecular complexity index is 662. The molecule has 0 fully saturated rings. The summed E-state index contributed by atoms with van der Waals surface area (Å²) < 4.78 is 0. The zero-order valence-electron chi connectivity index (χ0n) is 9.51. The molecule has 0 aliphatic rings. The number of rotatable bonds is 2. The first-order valence-electron chi connectivity index (χ1n) is 5.30. The molecule has 0 saturated carbocycles. The first-order valence-corrected chi connectivity index (χ1v) is 5.30. The van der Waals surface area contributed by atoms with Gasteiger partial charge < -0.3 is 11.1 Å². The molecule has 4 nitrogen and oxygen atoms in total. The fourth-order valence-corrected chi connectivity index (χ4v) is 1.58. The van der Waals surface area contributed by atoms with E-state index < -0.39 is 0 Å². The van der Waals surface area contributed by atoms with Gasteiger partial charge in [-0.15, -0.1) is 0 Å². The van der Waals surface area contributed by atoms with E-state index in [4.69, 9.17) is 16.3 Å². The number of nitrogen functional groups attached to an aromatic ring is 1. The lowest BCUT2D eigenvalue weighted by Crippen LogP contribution is -1.95. The Morgan fingerprint density at radius 2 is 1.72 bits per heavy atom. The minimum Gasteiger partial charge on any atom is -0.398 e. The average molecular weight is 234 g/mol. The van der Waals surface area contributed by atoms with Crippen LogP contribution in [0.5, 0.6) is 0 Å². The van der Waals surface area contributed by atoms with Crippen LogP contribution in [0.4, 0.5) is 17.1 Å². The van der Waals surface area contributed by atoms with Gasteiger partial charge in [0.25, 0.3) is 0 Å². The third-order valence-electron chi connectivity index (χ3n) is 2.45. The highest BCUT2D eigenvalue weighted by Crippen LogP contribution is 2.21. The second-order valence-corrected chi connectivity index (χ2v) is 3.73. The fraction of sp³-hybridized carbons (Fsp3) is 0. The van der Waals surface area contributed by atoms with Gasteiger partial charge in [-0.25, -0.2) is 0 Å². The molecule has 0 atom stereocenters. The van der Waals surface area contributed by atoms with Crippen LogP contribution >= 0.6 is 0 Å². The largest absolute Gasteiger partial charge is 0.398 e. The third-order valence-corrected chi connectivity index (χ3v) is 2.45. The van der Waals surface area contributed by atoms with E-state index in [1.165, 1.54) is 0 Å². The summed E-state index contributed by atoms with van der Waals surface area (Å²) in [4.78, 5) is 0. The van der Waals surface area contributed by atoms with Crippen LogP contribution in [0.25, 0.3) is 0 Å². The van der Waals surface area contributed by atoms with E-state index in [9.17, 15) is 0 Å². The average Bonchev–Trinajstić information content (AvgIpc) is 2.39. The van der Waals surface area contributed by atoms with Gasteiger partial charge >= 0.3 is 0 Å². The molecule has 0 unspecified atom stereocenters. The second kappa shape index (κ2) is 4.90. The molecule has 4 heteroatoms. The van der Waals surface area contributed by atoms with E-state index in [0.29, 0.717) is 16.8 Å². The van der Waals surface area contributed by atoms with E-state index in [-0.39, 0.29) is 0 Å². The Morgan fingerprint density at radius 3 is 2.39 bits per heavy atom. The zero-order valence-corrected chi connectivity index (χ0v) is 9.51. The molecule has 86 valence electrons. The molecule has 2 aromatic carbocycles. The molecular formula is C14H10N4. The van der Waals surface area contributed by atoms with Crippen molar-refractivity contribution in [3.8, 4) is 12.1 Å². The normalized spacial score (nSPS) is 9.22. The van der Waals surface area contributed by atoms with Crippen molar-refractivity contribution >= 4 is 17.1 Å². The van der Waals surface area contributed by atoms with Gasteiger partial charge in [-0.2, -0.15) is 10.5 Å². The molecule has 0 aliphatic heterocycles. The van der Waals surface area contributed by atoms with Crippen molar-refractivity contribution in [3.63, 3.8) is 0 Å². The number of nitrogens with zero attached hydrogens (tertiary/aromatic N) is 2. The number of nitrogens with two attached hydrogens (primary N) is 1. The molecule has 0 saturated heterocycles. The van der Waals surface area contributed by atoms with Crippen molar-refractivity contribution in [3.05, 3.63) is 53.6 Å². The first-order chi connectivity index (χ1) is 8.72. The number of nitriles is 2. The van der Waals surface area contributed by atoms with Gasteiger partial charge in [-0.05, 0) is 36.4 Å². The van der Waals surface area contributed by atoms with Crippen LogP contribution < -0.4 is 11.1 Å². The van der Waals surface area contributed by atoms with Crippen molar-refractivity contribution < 1.29 is 0 Å². The molecule has 18 heavy (non-hydrogen) atoms. The standard InChI is InChI=1S/C14H10N4/c15-8-10-2-1-3-12(6-10)18-13-5-4-11(9-16)14(17)7-13/h1-7,18H,17H2. The van der Waals surface area contributed by atoms with Crippen LogP contribution in [0.1, 0.15) is 11.1 Å². The predicted molar refractivity (Wildman–Crippen MR) is 70.0 cm³/mol. The minimum atomic E-state index is 0.430. The predicted octanol–water partition coefficient (Wildman–Crippen LogP) is 2.76. The fourth-order valence-electron chi connectivity index (χ4n) is 1.58. The molecule has 0 bridgehead atoms.